The SMILES string of the molecule is C/C=C/CNC(=O)c1csc(N)n1. The lowest BCUT2D eigenvalue weighted by molar-refractivity contribution is 0.0954. The van der Waals surface area contributed by atoms with E-state index < -0.39 is 0 Å². The number of anilines is 1. The molecule has 0 atom stereocenters. The van der Waals surface area contributed by atoms with E-state index in [0.29, 0.717) is 17.4 Å². The minimum absolute atomic E-state index is 0.189. The number of rotatable bonds is 3. The Bertz CT molecular complexity index is 319. The Balaban J connectivity index is 2.49. The van der Waals surface area contributed by atoms with Gasteiger partial charge < -0.3 is 11.1 Å². The highest BCUT2D eigenvalue weighted by Crippen LogP contribution is 2.10. The standard InChI is InChI=1S/C8H11N3OS/c1-2-3-4-10-7(12)6-5-13-8(9)11-6/h2-3,5H,4H2,1H3,(H2,9,11)(H,10,12)/b3-2+. The van der Waals surface area contributed by atoms with Crippen molar-refractivity contribution in [3.8, 4) is 0 Å². The van der Waals surface area contributed by atoms with Crippen LogP contribution in [-0.2, 0) is 0 Å². The summed E-state index contributed by atoms with van der Waals surface area (Å²) in [5.74, 6) is -0.189. The molecule has 0 bridgehead atoms. The summed E-state index contributed by atoms with van der Waals surface area (Å²) < 4.78 is 0. The van der Waals surface area contributed by atoms with Crippen LogP contribution in [0.3, 0.4) is 0 Å². The van der Waals surface area contributed by atoms with Crippen molar-refractivity contribution < 1.29 is 4.79 Å². The Morgan fingerprint density at radius 2 is 2.62 bits per heavy atom. The van der Waals surface area contributed by atoms with Crippen LogP contribution in [-0.4, -0.2) is 17.4 Å². The number of nitrogens with two attached hydrogens (primary N) is 1. The van der Waals surface area contributed by atoms with Crippen LogP contribution in [0.1, 0.15) is 17.4 Å². The van der Waals surface area contributed by atoms with E-state index in [2.05, 4.69) is 10.3 Å². The van der Waals surface area contributed by atoms with Crippen molar-refractivity contribution in [2.75, 3.05) is 12.3 Å². The fourth-order valence-corrected chi connectivity index (χ4v) is 1.30. The lowest BCUT2D eigenvalue weighted by atomic mass is 10.4. The van der Waals surface area contributed by atoms with Crippen LogP contribution in [0, 0.1) is 0 Å². The highest BCUT2D eigenvalue weighted by molar-refractivity contribution is 7.13. The van der Waals surface area contributed by atoms with Gasteiger partial charge in [0.1, 0.15) is 5.69 Å². The Labute approximate surface area is 80.5 Å². The summed E-state index contributed by atoms with van der Waals surface area (Å²) in [4.78, 5) is 15.1. The molecule has 70 valence electrons. The molecule has 0 aromatic carbocycles. The van der Waals surface area contributed by atoms with E-state index in [9.17, 15) is 4.79 Å². The second-order valence-electron chi connectivity index (χ2n) is 2.35. The molecule has 1 amide bonds. The normalized spacial score (nSPS) is 10.5. The molecular formula is C8H11N3OS. The minimum atomic E-state index is -0.189. The topological polar surface area (TPSA) is 68.0 Å². The minimum Gasteiger partial charge on any atom is -0.375 e. The summed E-state index contributed by atoms with van der Waals surface area (Å²) in [6, 6.07) is 0. The first-order valence-corrected chi connectivity index (χ1v) is 4.72. The van der Waals surface area contributed by atoms with Gasteiger partial charge in [0.15, 0.2) is 5.13 Å². The molecular weight excluding hydrogens is 186 g/mol. The number of hydrogen-bond donors (Lipinski definition) is 2. The number of hydrogen-bond acceptors (Lipinski definition) is 4. The van der Waals surface area contributed by atoms with Crippen molar-refractivity contribution in [3.05, 3.63) is 23.2 Å². The van der Waals surface area contributed by atoms with Crippen LogP contribution >= 0.6 is 11.3 Å². The van der Waals surface area contributed by atoms with Crippen molar-refractivity contribution in [1.82, 2.24) is 10.3 Å². The maximum atomic E-state index is 11.3. The first kappa shape index (κ1) is 9.73. The van der Waals surface area contributed by atoms with Gasteiger partial charge in [0.25, 0.3) is 5.91 Å². The Hall–Kier alpha value is -1.36. The molecule has 1 aromatic rings. The lowest BCUT2D eigenvalue weighted by Crippen LogP contribution is -2.23. The molecule has 1 aromatic heterocycles. The van der Waals surface area contributed by atoms with Gasteiger partial charge in [0.05, 0.1) is 0 Å². The second kappa shape index (κ2) is 4.61. The van der Waals surface area contributed by atoms with E-state index in [4.69, 9.17) is 5.73 Å². The molecule has 0 aliphatic heterocycles. The van der Waals surface area contributed by atoms with Gasteiger partial charge in [-0.1, -0.05) is 12.2 Å². The van der Waals surface area contributed by atoms with Gasteiger partial charge in [-0.05, 0) is 6.92 Å². The molecule has 0 saturated heterocycles. The summed E-state index contributed by atoms with van der Waals surface area (Å²) in [5, 5.41) is 4.73. The van der Waals surface area contributed by atoms with E-state index in [0.717, 1.165) is 0 Å². The summed E-state index contributed by atoms with van der Waals surface area (Å²) in [7, 11) is 0. The molecule has 0 aliphatic rings. The second-order valence-corrected chi connectivity index (χ2v) is 3.24. The molecule has 0 unspecified atom stereocenters. The largest absolute Gasteiger partial charge is 0.375 e. The smallest absolute Gasteiger partial charge is 0.271 e. The number of allylic oxidation sites excluding steroid dienone is 1. The van der Waals surface area contributed by atoms with Crippen LogP contribution in [0.25, 0.3) is 0 Å². The van der Waals surface area contributed by atoms with Crippen LogP contribution in [0.2, 0.25) is 0 Å². The van der Waals surface area contributed by atoms with Gasteiger partial charge in [-0.25, -0.2) is 4.98 Å². The predicted molar refractivity (Wildman–Crippen MR) is 53.7 cm³/mol. The van der Waals surface area contributed by atoms with Gasteiger partial charge in [-0.2, -0.15) is 0 Å². The van der Waals surface area contributed by atoms with Crippen molar-refractivity contribution in [2.24, 2.45) is 0 Å². The zero-order valence-corrected chi connectivity index (χ0v) is 8.10. The quantitative estimate of drug-likeness (QED) is 0.711. The number of nitrogens with one attached hydrogen (secondary N) is 1. The molecule has 0 spiro atoms. The molecule has 13 heavy (non-hydrogen) atoms. The van der Waals surface area contributed by atoms with Crippen LogP contribution in [0.15, 0.2) is 17.5 Å². The zero-order valence-electron chi connectivity index (χ0n) is 7.28. The van der Waals surface area contributed by atoms with E-state index in [1.807, 2.05) is 19.1 Å². The summed E-state index contributed by atoms with van der Waals surface area (Å²) in [6.07, 6.45) is 3.73. The van der Waals surface area contributed by atoms with Crippen molar-refractivity contribution in [2.45, 2.75) is 6.92 Å². The van der Waals surface area contributed by atoms with Gasteiger partial charge in [0.2, 0.25) is 0 Å². The first-order valence-electron chi connectivity index (χ1n) is 3.84. The van der Waals surface area contributed by atoms with Gasteiger partial charge in [-0.15, -0.1) is 11.3 Å². The maximum absolute atomic E-state index is 11.3. The van der Waals surface area contributed by atoms with Gasteiger partial charge in [-0.3, -0.25) is 4.79 Å². The third-order valence-electron chi connectivity index (χ3n) is 1.37. The number of nitrogen functional groups attached to an aromatic ring is 1. The summed E-state index contributed by atoms with van der Waals surface area (Å²) in [6.45, 7) is 2.42. The number of thiazole rings is 1. The highest BCUT2D eigenvalue weighted by atomic mass is 32.1. The maximum Gasteiger partial charge on any atom is 0.271 e. The van der Waals surface area contributed by atoms with Crippen molar-refractivity contribution in [1.29, 1.82) is 0 Å². The monoisotopic (exact) mass is 197 g/mol. The fourth-order valence-electron chi connectivity index (χ4n) is 0.752. The third-order valence-corrected chi connectivity index (χ3v) is 2.04. The van der Waals surface area contributed by atoms with E-state index in [-0.39, 0.29) is 5.91 Å². The Morgan fingerprint density at radius 3 is 3.15 bits per heavy atom. The number of carbonyl (C=O) groups excluding carboxylic acids is 1. The summed E-state index contributed by atoms with van der Waals surface area (Å²) >= 11 is 1.26. The zero-order chi connectivity index (χ0) is 9.68. The average Bonchev–Trinajstić information content (AvgIpc) is 2.52. The van der Waals surface area contributed by atoms with Crippen molar-refractivity contribution in [3.63, 3.8) is 0 Å². The molecule has 0 saturated carbocycles. The molecule has 1 rings (SSSR count). The molecule has 0 fully saturated rings. The van der Waals surface area contributed by atoms with E-state index in [1.165, 1.54) is 11.3 Å². The predicted octanol–water partition coefficient (Wildman–Crippen LogP) is 1.03. The van der Waals surface area contributed by atoms with Crippen LogP contribution < -0.4 is 11.1 Å². The number of amides is 1. The Kier molecular flexibility index (Phi) is 3.45. The Morgan fingerprint density at radius 1 is 1.85 bits per heavy atom. The van der Waals surface area contributed by atoms with Gasteiger partial charge in [0, 0.05) is 11.9 Å². The highest BCUT2D eigenvalue weighted by Gasteiger charge is 2.07. The average molecular weight is 197 g/mol. The van der Waals surface area contributed by atoms with Crippen molar-refractivity contribution >= 4 is 22.4 Å². The van der Waals surface area contributed by atoms with Crippen LogP contribution in [0.4, 0.5) is 5.13 Å². The summed E-state index contributed by atoms with van der Waals surface area (Å²) in [5.41, 5.74) is 5.77. The number of aromatic nitrogens is 1. The first-order chi connectivity index (χ1) is 6.24. The van der Waals surface area contributed by atoms with E-state index in [1.54, 1.807) is 5.38 Å². The third kappa shape index (κ3) is 2.87. The van der Waals surface area contributed by atoms with Gasteiger partial charge >= 0.3 is 0 Å². The molecule has 4 nitrogen and oxygen atoms in total. The fraction of sp³-hybridized carbons (Fsp3) is 0.250. The lowest BCUT2D eigenvalue weighted by Gasteiger charge is -1.96. The molecule has 0 aliphatic carbocycles. The van der Waals surface area contributed by atoms with Crippen LogP contribution in [0.5, 0.6) is 0 Å². The molecule has 3 N–H and O–H groups in total. The number of nitrogens with zero attached hydrogens (tertiary/aromatic N) is 1. The molecule has 5 heteroatoms. The molecule has 1 heterocycles. The van der Waals surface area contributed by atoms with E-state index >= 15 is 0 Å². The number of carbonyl (C=O) groups is 1. The molecule has 0 radical (unpaired) electrons.